The predicted molar refractivity (Wildman–Crippen MR) is 80.5 cm³/mol. The van der Waals surface area contributed by atoms with Crippen molar-refractivity contribution in [3.05, 3.63) is 72.3 Å². The third-order valence-electron chi connectivity index (χ3n) is 3.12. The highest BCUT2D eigenvalue weighted by Gasteiger charge is 2.06. The van der Waals surface area contributed by atoms with Crippen molar-refractivity contribution in [3.8, 4) is 5.69 Å². The normalized spacial score (nSPS) is 10.3. The molecule has 0 spiro atoms. The zero-order chi connectivity index (χ0) is 14.7. The highest BCUT2D eigenvalue weighted by atomic mass is 16.1. The Bertz CT molecular complexity index is 748. The fourth-order valence-corrected chi connectivity index (χ4v) is 2.04. The maximum atomic E-state index is 12.1. The maximum absolute atomic E-state index is 12.1. The number of hydrogen-bond donors (Lipinski definition) is 1. The van der Waals surface area contributed by atoms with E-state index in [9.17, 15) is 4.79 Å². The van der Waals surface area contributed by atoms with Crippen LogP contribution in [0.15, 0.2) is 61.2 Å². The van der Waals surface area contributed by atoms with Gasteiger partial charge in [0.2, 0.25) is 0 Å². The van der Waals surface area contributed by atoms with Crippen LogP contribution >= 0.6 is 0 Å². The Labute approximate surface area is 122 Å². The third kappa shape index (κ3) is 2.97. The van der Waals surface area contributed by atoms with E-state index in [2.05, 4.69) is 15.5 Å². The van der Waals surface area contributed by atoms with Crippen molar-refractivity contribution < 1.29 is 4.79 Å². The number of nitrogens with zero attached hydrogens (tertiary/aromatic N) is 3. The Morgan fingerprint density at radius 3 is 2.43 bits per heavy atom. The molecule has 1 aromatic heterocycles. The molecule has 0 radical (unpaired) electrons. The van der Waals surface area contributed by atoms with Gasteiger partial charge >= 0.3 is 0 Å². The lowest BCUT2D eigenvalue weighted by Gasteiger charge is -2.07. The van der Waals surface area contributed by atoms with Crippen molar-refractivity contribution in [1.82, 2.24) is 14.8 Å². The second-order valence-electron chi connectivity index (χ2n) is 4.74. The molecule has 2 aromatic carbocycles. The van der Waals surface area contributed by atoms with Crippen LogP contribution in [0.1, 0.15) is 15.9 Å². The maximum Gasteiger partial charge on any atom is 0.255 e. The summed E-state index contributed by atoms with van der Waals surface area (Å²) in [5, 5.41) is 10.4. The number of amides is 1. The molecule has 0 aliphatic carbocycles. The molecule has 3 aromatic rings. The SMILES string of the molecule is Cc1cccc(C(=O)Nc2ccc(-n3cnnc3)cc2)c1. The second-order valence-corrected chi connectivity index (χ2v) is 4.74. The number of benzene rings is 2. The first-order valence-corrected chi connectivity index (χ1v) is 6.55. The lowest BCUT2D eigenvalue weighted by atomic mass is 10.1. The number of rotatable bonds is 3. The Balaban J connectivity index is 1.75. The van der Waals surface area contributed by atoms with Crippen molar-refractivity contribution in [2.24, 2.45) is 0 Å². The quantitative estimate of drug-likeness (QED) is 0.801. The summed E-state index contributed by atoms with van der Waals surface area (Å²) >= 11 is 0. The van der Waals surface area contributed by atoms with Crippen molar-refractivity contribution >= 4 is 11.6 Å². The van der Waals surface area contributed by atoms with Crippen molar-refractivity contribution in [2.75, 3.05) is 5.32 Å². The summed E-state index contributed by atoms with van der Waals surface area (Å²) in [4.78, 5) is 12.1. The molecule has 0 aliphatic heterocycles. The minimum atomic E-state index is -0.115. The number of carbonyl (C=O) groups excluding carboxylic acids is 1. The van der Waals surface area contributed by atoms with Gasteiger partial charge in [-0.25, -0.2) is 0 Å². The first-order chi connectivity index (χ1) is 10.2. The van der Waals surface area contributed by atoms with Gasteiger partial charge in [-0.3, -0.25) is 9.36 Å². The van der Waals surface area contributed by atoms with Crippen molar-refractivity contribution in [1.29, 1.82) is 0 Å². The highest BCUT2D eigenvalue weighted by molar-refractivity contribution is 6.04. The second kappa shape index (κ2) is 5.58. The van der Waals surface area contributed by atoms with Gasteiger partial charge in [-0.1, -0.05) is 17.7 Å². The van der Waals surface area contributed by atoms with Gasteiger partial charge in [-0.2, -0.15) is 0 Å². The van der Waals surface area contributed by atoms with Gasteiger partial charge in [-0.15, -0.1) is 10.2 Å². The van der Waals surface area contributed by atoms with Crippen molar-refractivity contribution in [2.45, 2.75) is 6.92 Å². The number of hydrogen-bond acceptors (Lipinski definition) is 3. The molecule has 3 rings (SSSR count). The minimum Gasteiger partial charge on any atom is -0.322 e. The molecule has 0 aliphatic rings. The number of aryl methyl sites for hydroxylation is 1. The van der Waals surface area contributed by atoms with E-state index in [1.165, 1.54) is 0 Å². The molecule has 21 heavy (non-hydrogen) atoms. The van der Waals surface area contributed by atoms with E-state index in [0.29, 0.717) is 5.56 Å². The predicted octanol–water partition coefficient (Wildman–Crippen LogP) is 2.83. The van der Waals surface area contributed by atoms with E-state index in [4.69, 9.17) is 0 Å². The summed E-state index contributed by atoms with van der Waals surface area (Å²) in [7, 11) is 0. The van der Waals surface area contributed by atoms with E-state index in [1.54, 1.807) is 23.3 Å². The number of nitrogens with one attached hydrogen (secondary N) is 1. The molecule has 0 unspecified atom stereocenters. The van der Waals surface area contributed by atoms with Crippen LogP contribution in [-0.2, 0) is 0 Å². The smallest absolute Gasteiger partial charge is 0.255 e. The number of carbonyl (C=O) groups is 1. The van der Waals surface area contributed by atoms with Gasteiger partial charge in [0.05, 0.1) is 0 Å². The van der Waals surface area contributed by atoms with Gasteiger partial charge in [0, 0.05) is 16.9 Å². The van der Waals surface area contributed by atoms with Gasteiger partial charge in [-0.05, 0) is 43.3 Å². The molecule has 0 saturated heterocycles. The fraction of sp³-hybridized carbons (Fsp3) is 0.0625. The summed E-state index contributed by atoms with van der Waals surface area (Å²) in [6, 6.07) is 15.0. The summed E-state index contributed by atoms with van der Waals surface area (Å²) in [5.41, 5.74) is 3.40. The van der Waals surface area contributed by atoms with Crippen LogP contribution in [0.2, 0.25) is 0 Å². The molecule has 5 nitrogen and oxygen atoms in total. The number of aromatic nitrogens is 3. The van der Waals surface area contributed by atoms with Crippen LogP contribution in [-0.4, -0.2) is 20.7 Å². The molecule has 1 heterocycles. The summed E-state index contributed by atoms with van der Waals surface area (Å²) in [6.07, 6.45) is 3.25. The van der Waals surface area contributed by atoms with E-state index < -0.39 is 0 Å². The topological polar surface area (TPSA) is 59.8 Å². The van der Waals surface area contributed by atoms with E-state index in [1.807, 2.05) is 49.4 Å². The summed E-state index contributed by atoms with van der Waals surface area (Å²) in [6.45, 7) is 1.96. The van der Waals surface area contributed by atoms with Crippen LogP contribution in [0.25, 0.3) is 5.69 Å². The zero-order valence-electron chi connectivity index (χ0n) is 11.5. The number of anilines is 1. The summed E-state index contributed by atoms with van der Waals surface area (Å²) in [5.74, 6) is -0.115. The summed E-state index contributed by atoms with van der Waals surface area (Å²) < 4.78 is 1.80. The van der Waals surface area contributed by atoms with E-state index >= 15 is 0 Å². The minimum absolute atomic E-state index is 0.115. The fourth-order valence-electron chi connectivity index (χ4n) is 2.04. The monoisotopic (exact) mass is 278 g/mol. The molecular formula is C16H14N4O. The molecule has 1 amide bonds. The van der Waals surface area contributed by atoms with Gasteiger partial charge in [0.25, 0.3) is 5.91 Å². The molecular weight excluding hydrogens is 264 g/mol. The Morgan fingerprint density at radius 1 is 1.05 bits per heavy atom. The van der Waals surface area contributed by atoms with Crippen LogP contribution in [0.3, 0.4) is 0 Å². The van der Waals surface area contributed by atoms with Gasteiger partial charge in [0.15, 0.2) is 0 Å². The van der Waals surface area contributed by atoms with Crippen LogP contribution in [0.4, 0.5) is 5.69 Å². The van der Waals surface area contributed by atoms with Crippen LogP contribution < -0.4 is 5.32 Å². The Morgan fingerprint density at radius 2 is 1.76 bits per heavy atom. The first-order valence-electron chi connectivity index (χ1n) is 6.55. The first kappa shape index (κ1) is 13.1. The lowest BCUT2D eigenvalue weighted by Crippen LogP contribution is -2.11. The third-order valence-corrected chi connectivity index (χ3v) is 3.12. The van der Waals surface area contributed by atoms with Gasteiger partial charge < -0.3 is 5.32 Å². The highest BCUT2D eigenvalue weighted by Crippen LogP contribution is 2.14. The molecule has 5 heteroatoms. The average molecular weight is 278 g/mol. The van der Waals surface area contributed by atoms with Crippen LogP contribution in [0, 0.1) is 6.92 Å². The standard InChI is InChI=1S/C16H14N4O/c1-12-3-2-4-13(9-12)16(21)19-14-5-7-15(8-6-14)20-10-17-18-11-20/h2-11H,1H3,(H,19,21). The molecule has 0 atom stereocenters. The zero-order valence-corrected chi connectivity index (χ0v) is 11.5. The molecule has 0 saturated carbocycles. The molecule has 0 bridgehead atoms. The van der Waals surface area contributed by atoms with Crippen LogP contribution in [0.5, 0.6) is 0 Å². The average Bonchev–Trinajstić information content (AvgIpc) is 3.02. The lowest BCUT2D eigenvalue weighted by molar-refractivity contribution is 0.102. The Hall–Kier alpha value is -2.95. The molecule has 104 valence electrons. The largest absolute Gasteiger partial charge is 0.322 e. The Kier molecular flexibility index (Phi) is 3.47. The van der Waals surface area contributed by atoms with Gasteiger partial charge in [0.1, 0.15) is 12.7 Å². The van der Waals surface area contributed by atoms with E-state index in [0.717, 1.165) is 16.9 Å². The van der Waals surface area contributed by atoms with Crippen molar-refractivity contribution in [3.63, 3.8) is 0 Å². The molecule has 0 fully saturated rings. The van der Waals surface area contributed by atoms with E-state index in [-0.39, 0.29) is 5.91 Å². The molecule has 1 N–H and O–H groups in total.